The molecule has 0 spiro atoms. The number of rotatable bonds is 3. The highest BCUT2D eigenvalue weighted by Gasteiger charge is 2.16. The lowest BCUT2D eigenvalue weighted by Crippen LogP contribution is -2.38. The van der Waals surface area contributed by atoms with E-state index < -0.39 is 0 Å². The summed E-state index contributed by atoms with van der Waals surface area (Å²) in [7, 11) is 0. The number of aryl methyl sites for hydroxylation is 1. The lowest BCUT2D eigenvalue weighted by molar-refractivity contribution is 0.200. The Labute approximate surface area is 109 Å². The van der Waals surface area contributed by atoms with E-state index in [1.54, 1.807) is 0 Å². The van der Waals surface area contributed by atoms with Crippen LogP contribution in [0.4, 0.5) is 10.5 Å². The first-order valence-corrected chi connectivity index (χ1v) is 6.95. The van der Waals surface area contributed by atoms with Crippen molar-refractivity contribution in [1.82, 2.24) is 4.90 Å². The maximum absolute atomic E-state index is 12.1. The summed E-state index contributed by atoms with van der Waals surface area (Å²) >= 11 is 0. The number of para-hydroxylation sites is 1. The number of carbonyl (C=O) groups is 1. The van der Waals surface area contributed by atoms with Crippen molar-refractivity contribution in [3.63, 3.8) is 0 Å². The third kappa shape index (κ3) is 3.25. The predicted octanol–water partition coefficient (Wildman–Crippen LogP) is 3.66. The van der Waals surface area contributed by atoms with Crippen LogP contribution in [0.2, 0.25) is 0 Å². The van der Waals surface area contributed by atoms with Gasteiger partial charge in [0.1, 0.15) is 0 Å². The van der Waals surface area contributed by atoms with Gasteiger partial charge in [0.05, 0.1) is 0 Å². The summed E-state index contributed by atoms with van der Waals surface area (Å²) in [5.74, 6) is 0. The maximum Gasteiger partial charge on any atom is 0.321 e. The molecule has 0 unspecified atom stereocenters. The molecule has 0 radical (unpaired) electrons. The molecule has 98 valence electrons. The van der Waals surface area contributed by atoms with E-state index in [0.717, 1.165) is 44.5 Å². The molecule has 1 N–H and O–H groups in total. The van der Waals surface area contributed by atoms with Crippen LogP contribution in [0.3, 0.4) is 0 Å². The van der Waals surface area contributed by atoms with Crippen LogP contribution >= 0.6 is 0 Å². The molecule has 3 heteroatoms. The van der Waals surface area contributed by atoms with Crippen molar-refractivity contribution >= 4 is 11.7 Å². The average molecular weight is 246 g/mol. The summed E-state index contributed by atoms with van der Waals surface area (Å²) in [4.78, 5) is 14.1. The zero-order valence-electron chi connectivity index (χ0n) is 11.1. The van der Waals surface area contributed by atoms with Crippen LogP contribution in [0.1, 0.15) is 38.2 Å². The topological polar surface area (TPSA) is 32.3 Å². The summed E-state index contributed by atoms with van der Waals surface area (Å²) in [6.07, 6.45) is 5.61. The number of piperidine rings is 1. The second-order valence-electron chi connectivity index (χ2n) is 4.89. The Morgan fingerprint density at radius 1 is 1.22 bits per heavy atom. The fraction of sp³-hybridized carbons (Fsp3) is 0.533. The van der Waals surface area contributed by atoms with Gasteiger partial charge in [0.25, 0.3) is 0 Å². The molecular formula is C15H22N2O. The van der Waals surface area contributed by atoms with E-state index in [1.165, 1.54) is 12.0 Å². The van der Waals surface area contributed by atoms with Gasteiger partial charge < -0.3 is 10.2 Å². The van der Waals surface area contributed by atoms with Crippen LogP contribution in [0, 0.1) is 0 Å². The Morgan fingerprint density at radius 3 is 2.67 bits per heavy atom. The predicted molar refractivity (Wildman–Crippen MR) is 74.9 cm³/mol. The summed E-state index contributed by atoms with van der Waals surface area (Å²) in [5, 5.41) is 3.05. The number of urea groups is 1. The van der Waals surface area contributed by atoms with Crippen molar-refractivity contribution in [2.24, 2.45) is 0 Å². The molecule has 0 saturated carbocycles. The number of amides is 2. The van der Waals surface area contributed by atoms with Gasteiger partial charge in [0.2, 0.25) is 0 Å². The third-order valence-electron chi connectivity index (χ3n) is 3.42. The Hall–Kier alpha value is -1.51. The Bertz CT molecular complexity index is 397. The number of carbonyl (C=O) groups excluding carboxylic acids is 1. The highest BCUT2D eigenvalue weighted by Crippen LogP contribution is 2.18. The van der Waals surface area contributed by atoms with Gasteiger partial charge in [-0.2, -0.15) is 0 Å². The molecular weight excluding hydrogens is 224 g/mol. The van der Waals surface area contributed by atoms with Crippen LogP contribution < -0.4 is 5.32 Å². The van der Waals surface area contributed by atoms with Gasteiger partial charge in [0.15, 0.2) is 0 Å². The SMILES string of the molecule is CCCc1ccccc1NC(=O)N1CCCCC1. The summed E-state index contributed by atoms with van der Waals surface area (Å²) < 4.78 is 0. The van der Waals surface area contributed by atoms with Gasteiger partial charge in [-0.15, -0.1) is 0 Å². The Morgan fingerprint density at radius 2 is 1.94 bits per heavy atom. The first kappa shape index (κ1) is 12.9. The molecule has 3 nitrogen and oxygen atoms in total. The lowest BCUT2D eigenvalue weighted by atomic mass is 10.1. The lowest BCUT2D eigenvalue weighted by Gasteiger charge is -2.27. The number of anilines is 1. The Kier molecular flexibility index (Phi) is 4.62. The van der Waals surface area contributed by atoms with Crippen LogP contribution in [0.25, 0.3) is 0 Å². The van der Waals surface area contributed by atoms with Gasteiger partial charge in [-0.05, 0) is 37.3 Å². The van der Waals surface area contributed by atoms with Gasteiger partial charge >= 0.3 is 6.03 Å². The first-order chi connectivity index (χ1) is 8.81. The van der Waals surface area contributed by atoms with Crippen molar-refractivity contribution in [1.29, 1.82) is 0 Å². The van der Waals surface area contributed by atoms with E-state index in [1.807, 2.05) is 23.1 Å². The fourth-order valence-corrected chi connectivity index (χ4v) is 2.42. The minimum Gasteiger partial charge on any atom is -0.325 e. The highest BCUT2D eigenvalue weighted by atomic mass is 16.2. The maximum atomic E-state index is 12.1. The number of benzene rings is 1. The van der Waals surface area contributed by atoms with E-state index >= 15 is 0 Å². The van der Waals surface area contributed by atoms with Gasteiger partial charge in [0, 0.05) is 18.8 Å². The monoisotopic (exact) mass is 246 g/mol. The second kappa shape index (κ2) is 6.43. The molecule has 0 atom stereocenters. The molecule has 1 aromatic carbocycles. The molecule has 1 saturated heterocycles. The number of hydrogen-bond acceptors (Lipinski definition) is 1. The van der Waals surface area contributed by atoms with Crippen LogP contribution in [0.15, 0.2) is 24.3 Å². The molecule has 0 aromatic heterocycles. The van der Waals surface area contributed by atoms with E-state index in [0.29, 0.717) is 0 Å². The van der Waals surface area contributed by atoms with Gasteiger partial charge in [-0.25, -0.2) is 4.79 Å². The molecule has 0 aliphatic carbocycles. The summed E-state index contributed by atoms with van der Waals surface area (Å²) in [5.41, 5.74) is 2.19. The average Bonchev–Trinajstić information content (AvgIpc) is 2.42. The van der Waals surface area contributed by atoms with Crippen LogP contribution in [-0.2, 0) is 6.42 Å². The molecule has 1 fully saturated rings. The number of nitrogens with one attached hydrogen (secondary N) is 1. The minimum absolute atomic E-state index is 0.0539. The molecule has 1 aliphatic rings. The van der Waals surface area contributed by atoms with Gasteiger partial charge in [-0.3, -0.25) is 0 Å². The van der Waals surface area contributed by atoms with Gasteiger partial charge in [-0.1, -0.05) is 31.5 Å². The van der Waals surface area contributed by atoms with Crippen molar-refractivity contribution in [2.45, 2.75) is 39.0 Å². The highest BCUT2D eigenvalue weighted by molar-refractivity contribution is 5.90. The van der Waals surface area contributed by atoms with Crippen LogP contribution in [0.5, 0.6) is 0 Å². The molecule has 1 aromatic rings. The van der Waals surface area contributed by atoms with Crippen molar-refractivity contribution in [3.05, 3.63) is 29.8 Å². The second-order valence-corrected chi connectivity index (χ2v) is 4.89. The number of nitrogens with zero attached hydrogens (tertiary/aromatic N) is 1. The third-order valence-corrected chi connectivity index (χ3v) is 3.42. The standard InChI is InChI=1S/C15H22N2O/c1-2-8-13-9-4-5-10-14(13)16-15(18)17-11-6-3-7-12-17/h4-5,9-10H,2-3,6-8,11-12H2,1H3,(H,16,18). The van der Waals surface area contributed by atoms with E-state index in [9.17, 15) is 4.79 Å². The van der Waals surface area contributed by atoms with Crippen molar-refractivity contribution in [3.8, 4) is 0 Å². The smallest absolute Gasteiger partial charge is 0.321 e. The largest absolute Gasteiger partial charge is 0.325 e. The molecule has 18 heavy (non-hydrogen) atoms. The fourth-order valence-electron chi connectivity index (χ4n) is 2.42. The summed E-state index contributed by atoms with van der Waals surface area (Å²) in [6, 6.07) is 8.15. The zero-order chi connectivity index (χ0) is 12.8. The molecule has 0 bridgehead atoms. The Balaban J connectivity index is 2.01. The quantitative estimate of drug-likeness (QED) is 0.867. The van der Waals surface area contributed by atoms with Crippen molar-refractivity contribution in [2.75, 3.05) is 18.4 Å². The normalized spacial score (nSPS) is 15.5. The van der Waals surface area contributed by atoms with Crippen molar-refractivity contribution < 1.29 is 4.79 Å². The number of likely N-dealkylation sites (tertiary alicyclic amines) is 1. The molecule has 1 aliphatic heterocycles. The van der Waals surface area contributed by atoms with Crippen LogP contribution in [-0.4, -0.2) is 24.0 Å². The first-order valence-electron chi connectivity index (χ1n) is 6.95. The van der Waals surface area contributed by atoms with E-state index in [4.69, 9.17) is 0 Å². The molecule has 1 heterocycles. The molecule has 2 amide bonds. The number of hydrogen-bond donors (Lipinski definition) is 1. The van der Waals surface area contributed by atoms with E-state index in [2.05, 4.69) is 18.3 Å². The van der Waals surface area contributed by atoms with E-state index in [-0.39, 0.29) is 6.03 Å². The summed E-state index contributed by atoms with van der Waals surface area (Å²) in [6.45, 7) is 3.94. The molecule has 2 rings (SSSR count). The minimum atomic E-state index is 0.0539. The zero-order valence-corrected chi connectivity index (χ0v) is 11.1.